The van der Waals surface area contributed by atoms with Crippen molar-refractivity contribution in [3.05, 3.63) is 95.8 Å². The van der Waals surface area contributed by atoms with E-state index in [0.717, 1.165) is 51.3 Å². The van der Waals surface area contributed by atoms with Crippen LogP contribution in [0.1, 0.15) is 24.0 Å². The molecular weight excluding hydrogens is 537 g/mol. The average molecular weight is 574 g/mol. The van der Waals surface area contributed by atoms with Crippen LogP contribution in [-0.2, 0) is 16.1 Å². The molecule has 2 aliphatic rings. The first-order chi connectivity index (χ1) is 19.9. The third-order valence-corrected chi connectivity index (χ3v) is 8.12. The fraction of sp³-hybridized carbons (Fsp3) is 0.344. The summed E-state index contributed by atoms with van der Waals surface area (Å²) in [5.41, 5.74) is 3.60. The van der Waals surface area contributed by atoms with E-state index < -0.39 is 6.04 Å². The summed E-state index contributed by atoms with van der Waals surface area (Å²) in [7, 11) is 0. The predicted octanol–water partition coefficient (Wildman–Crippen LogP) is 4.67. The number of rotatable bonds is 10. The van der Waals surface area contributed by atoms with E-state index in [1.165, 1.54) is 29.8 Å². The summed E-state index contributed by atoms with van der Waals surface area (Å²) in [5.74, 6) is -0.900. The zero-order valence-corrected chi connectivity index (χ0v) is 24.2. The molecule has 7 nitrogen and oxygen atoms in total. The Hall–Kier alpha value is -3.66. The van der Waals surface area contributed by atoms with Gasteiger partial charge in [0.1, 0.15) is 11.9 Å². The molecule has 2 fully saturated rings. The van der Waals surface area contributed by atoms with E-state index in [2.05, 4.69) is 39.4 Å². The van der Waals surface area contributed by atoms with Crippen LogP contribution in [0.15, 0.2) is 78.9 Å². The van der Waals surface area contributed by atoms with Crippen molar-refractivity contribution in [2.45, 2.75) is 32.4 Å². The van der Waals surface area contributed by atoms with Crippen LogP contribution in [0.25, 0.3) is 0 Å². The normalized spacial score (nSPS) is 18.2. The second-order valence-corrected chi connectivity index (χ2v) is 11.1. The molecule has 2 aliphatic heterocycles. The van der Waals surface area contributed by atoms with Crippen LogP contribution >= 0.6 is 12.2 Å². The molecule has 9 heteroatoms. The molecule has 2 saturated heterocycles. The molecule has 41 heavy (non-hydrogen) atoms. The fourth-order valence-corrected chi connectivity index (χ4v) is 5.83. The number of aryl methyl sites for hydroxylation is 1. The van der Waals surface area contributed by atoms with Crippen molar-refractivity contribution < 1.29 is 14.0 Å². The maximum Gasteiger partial charge on any atom is 0.256 e. The molecule has 0 bridgehead atoms. The van der Waals surface area contributed by atoms with Crippen LogP contribution in [0.4, 0.5) is 15.8 Å². The minimum Gasteiger partial charge on any atom is -0.336 e. The Bertz CT molecular complexity index is 1340. The van der Waals surface area contributed by atoms with Crippen LogP contribution in [0.3, 0.4) is 0 Å². The standard InChI is InChI=1S/C32H36FN5O2S/c1-24-8-14-28(15-9-24)38-31(40)29(22-30(39)34-27-12-10-26(33)11-13-27)37(32(38)41)17-5-16-35-18-20-36(21-19-35)23-25-6-3-2-4-7-25/h2-4,6-15,29H,5,16-23H2,1H3,(H,34,39)/t29-/m0/s1. The molecular formula is C32H36FN5O2S. The summed E-state index contributed by atoms with van der Waals surface area (Å²) < 4.78 is 13.3. The van der Waals surface area contributed by atoms with Crippen molar-refractivity contribution in [2.24, 2.45) is 0 Å². The van der Waals surface area contributed by atoms with Crippen LogP contribution in [0.2, 0.25) is 0 Å². The number of benzene rings is 3. The number of amides is 2. The van der Waals surface area contributed by atoms with Crippen molar-refractivity contribution in [3.63, 3.8) is 0 Å². The molecule has 3 aromatic carbocycles. The lowest BCUT2D eigenvalue weighted by atomic mass is 10.1. The van der Waals surface area contributed by atoms with Gasteiger partial charge < -0.3 is 15.1 Å². The van der Waals surface area contributed by atoms with Gasteiger partial charge in [0.2, 0.25) is 5.91 Å². The SMILES string of the molecule is Cc1ccc(N2C(=O)[C@H](CC(=O)Nc3ccc(F)cc3)N(CCCN3CCN(Cc4ccccc4)CC3)C2=S)cc1. The van der Waals surface area contributed by atoms with Crippen LogP contribution < -0.4 is 10.2 Å². The van der Waals surface area contributed by atoms with Crippen molar-refractivity contribution in [1.82, 2.24) is 14.7 Å². The Labute approximate surface area is 246 Å². The number of nitrogens with one attached hydrogen (secondary N) is 1. The fourth-order valence-electron chi connectivity index (χ4n) is 5.42. The highest BCUT2D eigenvalue weighted by molar-refractivity contribution is 7.80. The maximum absolute atomic E-state index is 13.6. The van der Waals surface area contributed by atoms with Gasteiger partial charge in [0, 0.05) is 45.0 Å². The van der Waals surface area contributed by atoms with Crippen molar-refractivity contribution in [1.29, 1.82) is 0 Å². The molecule has 2 amide bonds. The number of halogens is 1. The zero-order chi connectivity index (χ0) is 28.8. The lowest BCUT2D eigenvalue weighted by molar-refractivity contribution is -0.124. The van der Waals surface area contributed by atoms with Gasteiger partial charge in [-0.1, -0.05) is 48.0 Å². The molecule has 3 aromatic rings. The third kappa shape index (κ3) is 7.35. The topological polar surface area (TPSA) is 59.1 Å². The number of carbonyl (C=O) groups is 2. The Morgan fingerprint density at radius 3 is 2.24 bits per heavy atom. The number of nitrogens with zero attached hydrogens (tertiary/aromatic N) is 4. The molecule has 0 aliphatic carbocycles. The van der Waals surface area contributed by atoms with Crippen molar-refractivity contribution >= 4 is 40.5 Å². The molecule has 214 valence electrons. The number of thiocarbonyl (C=S) groups is 1. The van der Waals surface area contributed by atoms with Crippen molar-refractivity contribution in [3.8, 4) is 0 Å². The second-order valence-electron chi connectivity index (χ2n) is 10.7. The Morgan fingerprint density at radius 1 is 0.902 bits per heavy atom. The van der Waals surface area contributed by atoms with Crippen LogP contribution in [-0.4, -0.2) is 76.9 Å². The van der Waals surface area contributed by atoms with E-state index in [9.17, 15) is 14.0 Å². The monoisotopic (exact) mass is 573 g/mol. The molecule has 0 unspecified atom stereocenters. The third-order valence-electron chi connectivity index (χ3n) is 7.70. The largest absolute Gasteiger partial charge is 0.336 e. The van der Waals surface area contributed by atoms with Gasteiger partial charge in [-0.25, -0.2) is 4.39 Å². The van der Waals surface area contributed by atoms with E-state index in [1.807, 2.05) is 42.2 Å². The highest BCUT2D eigenvalue weighted by Crippen LogP contribution is 2.28. The van der Waals surface area contributed by atoms with Gasteiger partial charge in [-0.05, 0) is 74.1 Å². The molecule has 0 aromatic heterocycles. The van der Waals surface area contributed by atoms with Gasteiger partial charge >= 0.3 is 0 Å². The van der Waals surface area contributed by atoms with E-state index in [0.29, 0.717) is 23.0 Å². The molecule has 1 N–H and O–H groups in total. The quantitative estimate of drug-likeness (QED) is 0.356. The summed E-state index contributed by atoms with van der Waals surface area (Å²) in [5, 5.41) is 3.21. The van der Waals surface area contributed by atoms with Gasteiger partial charge in [-0.2, -0.15) is 0 Å². The van der Waals surface area contributed by atoms with E-state index in [1.54, 1.807) is 4.90 Å². The average Bonchev–Trinajstić information content (AvgIpc) is 3.20. The number of hydrogen-bond acceptors (Lipinski definition) is 5. The van der Waals surface area contributed by atoms with Gasteiger partial charge in [-0.15, -0.1) is 0 Å². The first kappa shape index (κ1) is 28.9. The lowest BCUT2D eigenvalue weighted by Crippen LogP contribution is -2.47. The Kier molecular flexibility index (Phi) is 9.38. The summed E-state index contributed by atoms with van der Waals surface area (Å²) in [6, 6.07) is 23.1. The second kappa shape index (κ2) is 13.3. The minimum absolute atomic E-state index is 0.0448. The van der Waals surface area contributed by atoms with Gasteiger partial charge in [0.15, 0.2) is 5.11 Å². The summed E-state index contributed by atoms with van der Waals surface area (Å²) in [6.45, 7) is 8.45. The van der Waals surface area contributed by atoms with E-state index in [-0.39, 0.29) is 24.1 Å². The number of carbonyl (C=O) groups excluding carboxylic acids is 2. The lowest BCUT2D eigenvalue weighted by Gasteiger charge is -2.35. The van der Waals surface area contributed by atoms with Gasteiger partial charge in [0.05, 0.1) is 12.1 Å². The minimum atomic E-state index is -0.702. The van der Waals surface area contributed by atoms with Crippen LogP contribution in [0, 0.1) is 12.7 Å². The highest BCUT2D eigenvalue weighted by Gasteiger charge is 2.43. The summed E-state index contributed by atoms with van der Waals surface area (Å²) in [6.07, 6.45) is 0.779. The summed E-state index contributed by atoms with van der Waals surface area (Å²) in [4.78, 5) is 35.0. The smallest absolute Gasteiger partial charge is 0.256 e. The molecule has 5 rings (SSSR count). The number of hydrogen-bond donors (Lipinski definition) is 1. The molecule has 0 saturated carbocycles. The first-order valence-electron chi connectivity index (χ1n) is 14.1. The predicted molar refractivity (Wildman–Crippen MR) is 164 cm³/mol. The Balaban J connectivity index is 1.20. The molecule has 2 heterocycles. The van der Waals surface area contributed by atoms with E-state index in [4.69, 9.17) is 12.2 Å². The first-order valence-corrected chi connectivity index (χ1v) is 14.5. The Morgan fingerprint density at radius 2 is 1.56 bits per heavy atom. The summed E-state index contributed by atoms with van der Waals surface area (Å²) >= 11 is 5.81. The molecule has 0 radical (unpaired) electrons. The highest BCUT2D eigenvalue weighted by atomic mass is 32.1. The van der Waals surface area contributed by atoms with E-state index >= 15 is 0 Å². The van der Waals surface area contributed by atoms with Crippen LogP contribution in [0.5, 0.6) is 0 Å². The number of anilines is 2. The van der Waals surface area contributed by atoms with Crippen molar-refractivity contribution in [2.75, 3.05) is 49.5 Å². The van der Waals surface area contributed by atoms with Gasteiger partial charge in [0.25, 0.3) is 5.91 Å². The zero-order valence-electron chi connectivity index (χ0n) is 23.3. The molecule has 0 spiro atoms. The molecule has 1 atom stereocenters. The number of piperazine rings is 1. The van der Waals surface area contributed by atoms with Gasteiger partial charge in [-0.3, -0.25) is 19.4 Å². The maximum atomic E-state index is 13.6.